The molecule has 3 rings (SSSR count). The van der Waals surface area contributed by atoms with E-state index in [-0.39, 0.29) is 0 Å². The van der Waals surface area contributed by atoms with Crippen molar-refractivity contribution in [2.24, 2.45) is 7.05 Å². The molecule has 100 valence electrons. The molecule has 2 heterocycles. The van der Waals surface area contributed by atoms with Crippen molar-refractivity contribution in [3.8, 4) is 0 Å². The number of anilines is 1. The van der Waals surface area contributed by atoms with Gasteiger partial charge in [-0.25, -0.2) is 0 Å². The maximum Gasteiger partial charge on any atom is 0.0666 e. The van der Waals surface area contributed by atoms with Crippen LogP contribution in [-0.4, -0.2) is 14.7 Å². The number of benzene rings is 1. The molecule has 0 saturated carbocycles. The lowest BCUT2D eigenvalue weighted by Gasteiger charge is -2.14. The Bertz CT molecular complexity index is 600. The molecule has 1 aliphatic rings. The van der Waals surface area contributed by atoms with E-state index in [0.717, 1.165) is 31.7 Å². The molecule has 19 heavy (non-hydrogen) atoms. The summed E-state index contributed by atoms with van der Waals surface area (Å²) in [5.41, 5.74) is 12.0. The standard InChI is InChI=1S/C15H20N4/c1-3-15-13(7-18(2)17-15)10-19-8-11-4-5-14(16)6-12(11)9-19/h4-7H,3,8-10,16H2,1-2H3. The zero-order valence-electron chi connectivity index (χ0n) is 11.6. The summed E-state index contributed by atoms with van der Waals surface area (Å²) in [6.07, 6.45) is 3.13. The second-order valence-electron chi connectivity index (χ2n) is 5.30. The number of nitrogens with two attached hydrogens (primary N) is 1. The van der Waals surface area contributed by atoms with E-state index in [1.54, 1.807) is 0 Å². The highest BCUT2D eigenvalue weighted by Crippen LogP contribution is 2.26. The number of nitrogen functional groups attached to an aromatic ring is 1. The summed E-state index contributed by atoms with van der Waals surface area (Å²) in [5, 5.41) is 4.50. The van der Waals surface area contributed by atoms with Crippen LogP contribution in [-0.2, 0) is 33.1 Å². The van der Waals surface area contributed by atoms with Crippen molar-refractivity contribution in [1.82, 2.24) is 14.7 Å². The van der Waals surface area contributed by atoms with Gasteiger partial charge in [0, 0.05) is 44.1 Å². The highest BCUT2D eigenvalue weighted by Gasteiger charge is 2.20. The highest BCUT2D eigenvalue weighted by molar-refractivity contribution is 5.46. The molecule has 4 nitrogen and oxygen atoms in total. The van der Waals surface area contributed by atoms with Crippen LogP contribution >= 0.6 is 0 Å². The van der Waals surface area contributed by atoms with Gasteiger partial charge in [-0.3, -0.25) is 9.58 Å². The maximum atomic E-state index is 5.85. The number of fused-ring (bicyclic) bond motifs is 1. The predicted octanol–water partition coefficient (Wildman–Crippen LogP) is 2.08. The fraction of sp³-hybridized carbons (Fsp3) is 0.400. The summed E-state index contributed by atoms with van der Waals surface area (Å²) in [5.74, 6) is 0. The lowest BCUT2D eigenvalue weighted by Crippen LogP contribution is -2.16. The Morgan fingerprint density at radius 1 is 1.26 bits per heavy atom. The SMILES string of the molecule is CCc1nn(C)cc1CN1Cc2ccc(N)cc2C1. The molecule has 0 fully saturated rings. The molecule has 1 aromatic carbocycles. The van der Waals surface area contributed by atoms with Crippen molar-refractivity contribution in [2.45, 2.75) is 33.0 Å². The predicted molar refractivity (Wildman–Crippen MR) is 76.4 cm³/mol. The molecule has 0 radical (unpaired) electrons. The van der Waals surface area contributed by atoms with E-state index >= 15 is 0 Å². The first-order valence-corrected chi connectivity index (χ1v) is 6.76. The molecule has 0 aliphatic carbocycles. The molecule has 1 aromatic heterocycles. The third-order valence-corrected chi connectivity index (χ3v) is 3.74. The van der Waals surface area contributed by atoms with Crippen LogP contribution in [0.1, 0.15) is 29.3 Å². The van der Waals surface area contributed by atoms with Crippen LogP contribution in [0.4, 0.5) is 5.69 Å². The van der Waals surface area contributed by atoms with Crippen LogP contribution in [0.2, 0.25) is 0 Å². The molecule has 0 spiro atoms. The van der Waals surface area contributed by atoms with Gasteiger partial charge in [-0.2, -0.15) is 5.10 Å². The molecule has 0 saturated heterocycles. The summed E-state index contributed by atoms with van der Waals surface area (Å²) < 4.78 is 1.91. The molecule has 2 N–H and O–H groups in total. The zero-order chi connectivity index (χ0) is 13.4. The first-order chi connectivity index (χ1) is 9.15. The number of hydrogen-bond acceptors (Lipinski definition) is 3. The Morgan fingerprint density at radius 2 is 2.05 bits per heavy atom. The van der Waals surface area contributed by atoms with Crippen LogP contribution < -0.4 is 5.73 Å². The van der Waals surface area contributed by atoms with Gasteiger partial charge < -0.3 is 5.73 Å². The number of nitrogens with zero attached hydrogens (tertiary/aromatic N) is 3. The quantitative estimate of drug-likeness (QED) is 0.855. The second kappa shape index (κ2) is 4.70. The first-order valence-electron chi connectivity index (χ1n) is 6.76. The molecule has 1 aliphatic heterocycles. The lowest BCUT2D eigenvalue weighted by molar-refractivity contribution is 0.274. The van der Waals surface area contributed by atoms with Crippen molar-refractivity contribution in [2.75, 3.05) is 5.73 Å². The maximum absolute atomic E-state index is 5.85. The van der Waals surface area contributed by atoms with E-state index in [0.29, 0.717) is 0 Å². The van der Waals surface area contributed by atoms with E-state index in [1.807, 2.05) is 17.8 Å². The molecule has 4 heteroatoms. The fourth-order valence-corrected chi connectivity index (χ4v) is 2.85. The lowest BCUT2D eigenvalue weighted by atomic mass is 10.1. The summed E-state index contributed by atoms with van der Waals surface area (Å²) in [7, 11) is 1.99. The first kappa shape index (κ1) is 12.2. The van der Waals surface area contributed by atoms with Crippen molar-refractivity contribution >= 4 is 5.69 Å². The molecule has 0 unspecified atom stereocenters. The van der Waals surface area contributed by atoms with Crippen LogP contribution in [0.25, 0.3) is 0 Å². The molecular weight excluding hydrogens is 236 g/mol. The number of aromatic nitrogens is 2. The average molecular weight is 256 g/mol. The molecule has 0 atom stereocenters. The Hall–Kier alpha value is -1.81. The zero-order valence-corrected chi connectivity index (χ0v) is 11.6. The van der Waals surface area contributed by atoms with Gasteiger partial charge in [-0.1, -0.05) is 13.0 Å². The number of hydrogen-bond donors (Lipinski definition) is 1. The van der Waals surface area contributed by atoms with Crippen LogP contribution in [0.3, 0.4) is 0 Å². The minimum Gasteiger partial charge on any atom is -0.399 e. The molecule has 0 amide bonds. The van der Waals surface area contributed by atoms with Gasteiger partial charge in [-0.05, 0) is 29.7 Å². The van der Waals surface area contributed by atoms with E-state index < -0.39 is 0 Å². The van der Waals surface area contributed by atoms with Crippen molar-refractivity contribution in [3.05, 3.63) is 46.8 Å². The normalized spacial score (nSPS) is 14.8. The van der Waals surface area contributed by atoms with Crippen LogP contribution in [0, 0.1) is 0 Å². The van der Waals surface area contributed by atoms with Gasteiger partial charge in [0.25, 0.3) is 0 Å². The van der Waals surface area contributed by atoms with E-state index in [2.05, 4.69) is 35.3 Å². The van der Waals surface area contributed by atoms with Gasteiger partial charge in [-0.15, -0.1) is 0 Å². The molecule has 0 bridgehead atoms. The third kappa shape index (κ3) is 2.36. The molecular formula is C15H20N4. The van der Waals surface area contributed by atoms with E-state index in [9.17, 15) is 0 Å². The smallest absolute Gasteiger partial charge is 0.0666 e. The van der Waals surface area contributed by atoms with Gasteiger partial charge >= 0.3 is 0 Å². The second-order valence-corrected chi connectivity index (χ2v) is 5.30. The van der Waals surface area contributed by atoms with Crippen molar-refractivity contribution < 1.29 is 0 Å². The van der Waals surface area contributed by atoms with Crippen molar-refractivity contribution in [1.29, 1.82) is 0 Å². The largest absolute Gasteiger partial charge is 0.399 e. The minimum absolute atomic E-state index is 0.858. The fourth-order valence-electron chi connectivity index (χ4n) is 2.85. The highest BCUT2D eigenvalue weighted by atomic mass is 15.3. The monoisotopic (exact) mass is 256 g/mol. The Balaban J connectivity index is 1.76. The topological polar surface area (TPSA) is 47.1 Å². The minimum atomic E-state index is 0.858. The summed E-state index contributed by atoms with van der Waals surface area (Å²) >= 11 is 0. The molecule has 2 aromatic rings. The summed E-state index contributed by atoms with van der Waals surface area (Å²) in [4.78, 5) is 2.44. The Morgan fingerprint density at radius 3 is 2.84 bits per heavy atom. The summed E-state index contributed by atoms with van der Waals surface area (Å²) in [6.45, 7) is 5.11. The van der Waals surface area contributed by atoms with Gasteiger partial charge in [0.05, 0.1) is 5.69 Å². The van der Waals surface area contributed by atoms with Crippen LogP contribution in [0.15, 0.2) is 24.4 Å². The average Bonchev–Trinajstić information content (AvgIpc) is 2.92. The van der Waals surface area contributed by atoms with Gasteiger partial charge in [0.15, 0.2) is 0 Å². The van der Waals surface area contributed by atoms with E-state index in [1.165, 1.54) is 22.4 Å². The summed E-state index contributed by atoms with van der Waals surface area (Å²) in [6, 6.07) is 6.23. The van der Waals surface area contributed by atoms with E-state index in [4.69, 9.17) is 5.73 Å². The number of rotatable bonds is 3. The Labute approximate surface area is 113 Å². The van der Waals surface area contributed by atoms with Crippen molar-refractivity contribution in [3.63, 3.8) is 0 Å². The third-order valence-electron chi connectivity index (χ3n) is 3.74. The van der Waals surface area contributed by atoms with Gasteiger partial charge in [0.2, 0.25) is 0 Å². The van der Waals surface area contributed by atoms with Gasteiger partial charge in [0.1, 0.15) is 0 Å². The Kier molecular flexibility index (Phi) is 3.03. The van der Waals surface area contributed by atoms with Crippen LogP contribution in [0.5, 0.6) is 0 Å². The number of aryl methyl sites for hydroxylation is 2.